The van der Waals surface area contributed by atoms with Crippen LogP contribution in [0.3, 0.4) is 0 Å². The van der Waals surface area contributed by atoms with Gasteiger partial charge in [0.15, 0.2) is 0 Å². The Morgan fingerprint density at radius 2 is 2.38 bits per heavy atom. The topological polar surface area (TPSA) is 21.3 Å². The molecule has 0 saturated carbocycles. The highest BCUT2D eigenvalue weighted by Gasteiger charge is 2.34. The molecule has 1 fully saturated rings. The van der Waals surface area contributed by atoms with Crippen LogP contribution in [0, 0.1) is 5.92 Å². The largest absolute Gasteiger partial charge is 0.361 e. The van der Waals surface area contributed by atoms with Crippen molar-refractivity contribution in [2.45, 2.75) is 38.0 Å². The molecule has 3 atom stereocenters. The predicted molar refractivity (Wildman–Crippen MR) is 68.0 cm³/mol. The predicted octanol–water partition coefficient (Wildman–Crippen LogP) is 3.22. The summed E-state index contributed by atoms with van der Waals surface area (Å²) in [4.78, 5) is 0. The Morgan fingerprint density at radius 1 is 1.44 bits per heavy atom. The van der Waals surface area contributed by atoms with Crippen LogP contribution in [0.2, 0.25) is 0 Å². The number of fused-ring (bicyclic) bond motifs is 1. The van der Waals surface area contributed by atoms with Crippen LogP contribution in [0.4, 0.5) is 0 Å². The van der Waals surface area contributed by atoms with Gasteiger partial charge in [0.2, 0.25) is 0 Å². The minimum absolute atomic E-state index is 0.180. The molecule has 1 N–H and O–H groups in total. The Morgan fingerprint density at radius 3 is 3.19 bits per heavy atom. The van der Waals surface area contributed by atoms with E-state index in [9.17, 15) is 0 Å². The Labute approximate surface area is 105 Å². The molecule has 0 aromatic carbocycles. The van der Waals surface area contributed by atoms with Crippen LogP contribution in [-0.2, 0) is 4.74 Å². The van der Waals surface area contributed by atoms with Gasteiger partial charge in [0.05, 0.1) is 0 Å². The first kappa shape index (κ1) is 10.6. The summed E-state index contributed by atoms with van der Waals surface area (Å²) >= 11 is 3.52. The van der Waals surface area contributed by atoms with Gasteiger partial charge < -0.3 is 10.1 Å². The van der Waals surface area contributed by atoms with Crippen LogP contribution < -0.4 is 5.32 Å². The first-order chi connectivity index (χ1) is 7.83. The molecule has 0 aromatic rings. The van der Waals surface area contributed by atoms with Gasteiger partial charge in [-0.05, 0) is 31.8 Å². The molecule has 3 aliphatic rings. The number of nitrogens with one attached hydrogen (secondary N) is 1. The molecule has 3 rings (SSSR count). The fourth-order valence-corrected chi connectivity index (χ4v) is 3.02. The summed E-state index contributed by atoms with van der Waals surface area (Å²) in [5, 5.41) is 3.51. The van der Waals surface area contributed by atoms with E-state index in [4.69, 9.17) is 4.74 Å². The fraction of sp³-hybridized carbons (Fsp3) is 0.538. The number of rotatable bonds is 1. The zero-order chi connectivity index (χ0) is 11.0. The molecule has 16 heavy (non-hydrogen) atoms. The Balaban J connectivity index is 1.71. The van der Waals surface area contributed by atoms with E-state index in [-0.39, 0.29) is 12.3 Å². The third-order valence-electron chi connectivity index (χ3n) is 3.47. The van der Waals surface area contributed by atoms with Crippen LogP contribution in [0.25, 0.3) is 0 Å². The molecule has 1 aliphatic heterocycles. The highest BCUT2D eigenvalue weighted by atomic mass is 79.9. The molecule has 0 aromatic heterocycles. The molecular weight excluding hydrogens is 266 g/mol. The number of allylic oxidation sites excluding steroid dienone is 3. The van der Waals surface area contributed by atoms with Crippen molar-refractivity contribution in [2.24, 2.45) is 5.92 Å². The number of hydrogen-bond donors (Lipinski definition) is 1. The maximum absolute atomic E-state index is 6.06. The average molecular weight is 282 g/mol. The lowest BCUT2D eigenvalue weighted by Crippen LogP contribution is -2.30. The second-order valence-corrected chi connectivity index (χ2v) is 5.55. The van der Waals surface area contributed by atoms with E-state index in [0.717, 1.165) is 10.9 Å². The molecule has 2 aliphatic carbocycles. The van der Waals surface area contributed by atoms with Crippen molar-refractivity contribution in [3.63, 3.8) is 0 Å². The van der Waals surface area contributed by atoms with E-state index in [1.807, 2.05) is 0 Å². The van der Waals surface area contributed by atoms with Crippen LogP contribution in [0.1, 0.15) is 25.7 Å². The van der Waals surface area contributed by atoms with Gasteiger partial charge in [0.1, 0.15) is 12.3 Å². The van der Waals surface area contributed by atoms with Gasteiger partial charge in [-0.2, -0.15) is 0 Å². The number of ether oxygens (including phenoxy) is 1. The molecule has 1 heterocycles. The molecule has 0 amide bonds. The summed E-state index contributed by atoms with van der Waals surface area (Å²) in [7, 11) is 0. The highest BCUT2D eigenvalue weighted by molar-refractivity contribution is 9.11. The van der Waals surface area contributed by atoms with Crippen molar-refractivity contribution < 1.29 is 4.74 Å². The van der Waals surface area contributed by atoms with Crippen LogP contribution in [0.15, 0.2) is 34.5 Å². The molecule has 1 saturated heterocycles. The molecule has 0 bridgehead atoms. The monoisotopic (exact) mass is 281 g/mol. The smallest absolute Gasteiger partial charge is 0.134 e. The van der Waals surface area contributed by atoms with Crippen molar-refractivity contribution in [3.8, 4) is 0 Å². The number of halogens is 1. The lowest BCUT2D eigenvalue weighted by Gasteiger charge is -2.22. The van der Waals surface area contributed by atoms with Gasteiger partial charge in [0, 0.05) is 16.1 Å². The lowest BCUT2D eigenvalue weighted by molar-refractivity contribution is 0.0171. The summed E-state index contributed by atoms with van der Waals surface area (Å²) in [6.07, 6.45) is 14.1. The van der Waals surface area contributed by atoms with Crippen molar-refractivity contribution in [2.75, 3.05) is 0 Å². The quantitative estimate of drug-likeness (QED) is 0.746. The average Bonchev–Trinajstić information content (AvgIpc) is 2.73. The molecule has 0 radical (unpaired) electrons. The zero-order valence-corrected chi connectivity index (χ0v) is 10.7. The summed E-state index contributed by atoms with van der Waals surface area (Å²) in [6, 6.07) is 0. The minimum atomic E-state index is 0.180. The van der Waals surface area contributed by atoms with E-state index >= 15 is 0 Å². The summed E-state index contributed by atoms with van der Waals surface area (Å²) in [5.41, 5.74) is 1.23. The molecule has 2 nitrogen and oxygen atoms in total. The summed E-state index contributed by atoms with van der Waals surface area (Å²) in [5.74, 6) is 0.541. The second kappa shape index (κ2) is 4.38. The van der Waals surface area contributed by atoms with E-state index in [2.05, 4.69) is 45.6 Å². The minimum Gasteiger partial charge on any atom is -0.361 e. The van der Waals surface area contributed by atoms with Crippen LogP contribution >= 0.6 is 15.9 Å². The number of hydrogen-bond acceptors (Lipinski definition) is 2. The Hall–Kier alpha value is -0.540. The van der Waals surface area contributed by atoms with E-state index in [1.165, 1.54) is 25.0 Å². The van der Waals surface area contributed by atoms with Crippen molar-refractivity contribution in [1.82, 2.24) is 5.32 Å². The third kappa shape index (κ3) is 1.98. The second-order valence-electron chi connectivity index (χ2n) is 4.64. The van der Waals surface area contributed by atoms with E-state index in [1.54, 1.807) is 0 Å². The SMILES string of the molecule is BrC1=CCC2OC(C3C=CCCC3)NC2=C1. The highest BCUT2D eigenvalue weighted by Crippen LogP contribution is 2.32. The summed E-state index contributed by atoms with van der Waals surface area (Å²) in [6.45, 7) is 0. The molecule has 3 unspecified atom stereocenters. The van der Waals surface area contributed by atoms with E-state index < -0.39 is 0 Å². The van der Waals surface area contributed by atoms with Gasteiger partial charge in [-0.15, -0.1) is 0 Å². The van der Waals surface area contributed by atoms with Gasteiger partial charge >= 0.3 is 0 Å². The van der Waals surface area contributed by atoms with Crippen molar-refractivity contribution in [1.29, 1.82) is 0 Å². The van der Waals surface area contributed by atoms with Crippen molar-refractivity contribution >= 4 is 15.9 Å². The molecule has 3 heteroatoms. The maximum Gasteiger partial charge on any atom is 0.134 e. The van der Waals surface area contributed by atoms with Gasteiger partial charge in [-0.3, -0.25) is 0 Å². The maximum atomic E-state index is 6.06. The van der Waals surface area contributed by atoms with Crippen LogP contribution in [0.5, 0.6) is 0 Å². The van der Waals surface area contributed by atoms with Gasteiger partial charge in [0.25, 0.3) is 0 Å². The van der Waals surface area contributed by atoms with Gasteiger partial charge in [-0.1, -0.05) is 34.2 Å². The Kier molecular flexibility index (Phi) is 2.90. The molecular formula is C13H16BrNO. The summed E-state index contributed by atoms with van der Waals surface area (Å²) < 4.78 is 7.22. The zero-order valence-electron chi connectivity index (χ0n) is 9.16. The first-order valence-electron chi connectivity index (χ1n) is 5.99. The van der Waals surface area contributed by atoms with E-state index in [0.29, 0.717) is 5.92 Å². The first-order valence-corrected chi connectivity index (χ1v) is 6.78. The fourth-order valence-electron chi connectivity index (χ4n) is 2.58. The normalized spacial score (nSPS) is 37.4. The lowest BCUT2D eigenvalue weighted by atomic mass is 9.94. The molecule has 86 valence electrons. The molecule has 0 spiro atoms. The van der Waals surface area contributed by atoms with Crippen molar-refractivity contribution in [3.05, 3.63) is 34.5 Å². The van der Waals surface area contributed by atoms with Crippen LogP contribution in [-0.4, -0.2) is 12.3 Å². The standard InChI is InChI=1S/C13H16BrNO/c14-10-6-7-12-11(8-10)15-13(16-12)9-4-2-1-3-5-9/h2,4,6,8-9,12-13,15H,1,3,5,7H2. The Bertz CT molecular complexity index is 372. The van der Waals surface area contributed by atoms with Gasteiger partial charge in [-0.25, -0.2) is 0 Å². The third-order valence-corrected chi connectivity index (χ3v) is 4.02.